The van der Waals surface area contributed by atoms with Crippen molar-refractivity contribution >= 4 is 15.9 Å². The van der Waals surface area contributed by atoms with Gasteiger partial charge in [-0.25, -0.2) is 4.39 Å². The van der Waals surface area contributed by atoms with Crippen LogP contribution in [0.25, 0.3) is 0 Å². The van der Waals surface area contributed by atoms with Gasteiger partial charge in [0, 0.05) is 4.83 Å². The predicted octanol–water partition coefficient (Wildman–Crippen LogP) is 5.43. The fourth-order valence-corrected chi connectivity index (χ4v) is 2.96. The maximum atomic E-state index is 13.6. The molecule has 1 unspecified atom stereocenters. The number of hydrogen-bond acceptors (Lipinski definition) is 0. The number of benzene rings is 2. The van der Waals surface area contributed by atoms with Crippen molar-refractivity contribution in [2.45, 2.75) is 32.0 Å². The van der Waals surface area contributed by atoms with Crippen molar-refractivity contribution in [3.8, 4) is 0 Å². The average molecular weight is 321 g/mol. The van der Waals surface area contributed by atoms with E-state index in [-0.39, 0.29) is 10.6 Å². The van der Waals surface area contributed by atoms with Gasteiger partial charge < -0.3 is 0 Å². The molecule has 0 saturated carbocycles. The quantitative estimate of drug-likeness (QED) is 0.661. The zero-order chi connectivity index (χ0) is 14.0. The average Bonchev–Trinajstić information content (AvgIpc) is 2.35. The molecule has 19 heavy (non-hydrogen) atoms. The Morgan fingerprint density at radius 1 is 1.05 bits per heavy atom. The summed E-state index contributed by atoms with van der Waals surface area (Å²) in [5.41, 5.74) is 5.12. The van der Waals surface area contributed by atoms with Crippen LogP contribution < -0.4 is 0 Å². The number of alkyl halides is 1. The first kappa shape index (κ1) is 14.3. The molecule has 2 rings (SSSR count). The molecule has 100 valence electrons. The van der Waals surface area contributed by atoms with Gasteiger partial charge in [0.25, 0.3) is 0 Å². The van der Waals surface area contributed by atoms with Crippen molar-refractivity contribution in [2.24, 2.45) is 0 Å². The normalized spacial score (nSPS) is 12.5. The molecule has 0 heterocycles. The zero-order valence-corrected chi connectivity index (χ0v) is 13.1. The van der Waals surface area contributed by atoms with Gasteiger partial charge in [-0.05, 0) is 49.4 Å². The monoisotopic (exact) mass is 320 g/mol. The SMILES string of the molecule is Cc1cccc(CC(Br)c2cc(C)c(F)c(C)c2)c1. The van der Waals surface area contributed by atoms with Gasteiger partial charge in [0.1, 0.15) is 5.82 Å². The summed E-state index contributed by atoms with van der Waals surface area (Å²) in [6.45, 7) is 5.73. The van der Waals surface area contributed by atoms with Crippen LogP contribution >= 0.6 is 15.9 Å². The molecule has 0 spiro atoms. The van der Waals surface area contributed by atoms with E-state index in [4.69, 9.17) is 0 Å². The van der Waals surface area contributed by atoms with Gasteiger partial charge in [-0.2, -0.15) is 0 Å². The lowest BCUT2D eigenvalue weighted by Crippen LogP contribution is -1.99. The van der Waals surface area contributed by atoms with Crippen LogP contribution in [0.3, 0.4) is 0 Å². The minimum Gasteiger partial charge on any atom is -0.206 e. The van der Waals surface area contributed by atoms with Crippen molar-refractivity contribution in [3.63, 3.8) is 0 Å². The molecule has 0 nitrogen and oxygen atoms in total. The van der Waals surface area contributed by atoms with E-state index < -0.39 is 0 Å². The summed E-state index contributed by atoms with van der Waals surface area (Å²) in [5, 5.41) is 0. The fourth-order valence-electron chi connectivity index (χ4n) is 2.32. The van der Waals surface area contributed by atoms with Crippen LogP contribution in [0.2, 0.25) is 0 Å². The highest BCUT2D eigenvalue weighted by atomic mass is 79.9. The van der Waals surface area contributed by atoms with E-state index in [1.54, 1.807) is 0 Å². The molecule has 2 aromatic rings. The van der Waals surface area contributed by atoms with Gasteiger partial charge in [-0.1, -0.05) is 57.9 Å². The summed E-state index contributed by atoms with van der Waals surface area (Å²) in [6.07, 6.45) is 0.909. The lowest BCUT2D eigenvalue weighted by atomic mass is 9.99. The van der Waals surface area contributed by atoms with Crippen LogP contribution in [0, 0.1) is 26.6 Å². The fraction of sp³-hybridized carbons (Fsp3) is 0.294. The molecular weight excluding hydrogens is 303 g/mol. The molecule has 0 bridgehead atoms. The molecule has 0 aromatic heterocycles. The van der Waals surface area contributed by atoms with E-state index in [0.29, 0.717) is 11.1 Å². The smallest absolute Gasteiger partial charge is 0.129 e. The number of hydrogen-bond donors (Lipinski definition) is 0. The molecule has 0 amide bonds. The summed E-state index contributed by atoms with van der Waals surface area (Å²) in [7, 11) is 0. The van der Waals surface area contributed by atoms with Crippen molar-refractivity contribution in [2.75, 3.05) is 0 Å². The number of halogens is 2. The van der Waals surface area contributed by atoms with Crippen LogP contribution in [0.1, 0.15) is 32.6 Å². The van der Waals surface area contributed by atoms with Crippen LogP contribution in [-0.2, 0) is 6.42 Å². The Morgan fingerprint density at radius 2 is 1.68 bits per heavy atom. The topological polar surface area (TPSA) is 0 Å². The molecule has 2 heteroatoms. The van der Waals surface area contributed by atoms with Crippen molar-refractivity contribution in [1.82, 2.24) is 0 Å². The third-order valence-electron chi connectivity index (χ3n) is 3.32. The Balaban J connectivity index is 2.23. The molecule has 0 aliphatic rings. The number of rotatable bonds is 3. The molecule has 2 aromatic carbocycles. The van der Waals surface area contributed by atoms with Crippen LogP contribution in [0.5, 0.6) is 0 Å². The summed E-state index contributed by atoms with van der Waals surface area (Å²) in [4.78, 5) is 0.215. The standard InChI is InChI=1S/C17H18BrF/c1-11-5-4-6-14(7-11)10-16(18)15-8-12(2)17(19)13(3)9-15/h4-9,16H,10H2,1-3H3. The van der Waals surface area contributed by atoms with Crippen LogP contribution in [0.15, 0.2) is 36.4 Å². The highest BCUT2D eigenvalue weighted by Crippen LogP contribution is 2.29. The zero-order valence-electron chi connectivity index (χ0n) is 11.5. The Labute approximate surface area is 122 Å². The number of aryl methyl sites for hydroxylation is 3. The Morgan fingerprint density at radius 3 is 2.26 bits per heavy atom. The highest BCUT2D eigenvalue weighted by Gasteiger charge is 2.12. The van der Waals surface area contributed by atoms with Gasteiger partial charge >= 0.3 is 0 Å². The van der Waals surface area contributed by atoms with E-state index in [1.165, 1.54) is 11.1 Å². The lowest BCUT2D eigenvalue weighted by molar-refractivity contribution is 0.608. The molecule has 0 fully saturated rings. The Hall–Kier alpha value is -1.15. The van der Waals surface area contributed by atoms with Gasteiger partial charge in [0.15, 0.2) is 0 Å². The van der Waals surface area contributed by atoms with E-state index >= 15 is 0 Å². The minimum absolute atomic E-state index is 0.0981. The first-order valence-electron chi connectivity index (χ1n) is 6.43. The van der Waals surface area contributed by atoms with Crippen molar-refractivity contribution in [3.05, 3.63) is 70.0 Å². The third kappa shape index (κ3) is 3.44. The van der Waals surface area contributed by atoms with Crippen molar-refractivity contribution < 1.29 is 4.39 Å². The molecular formula is C17H18BrF. The molecule has 1 atom stereocenters. The predicted molar refractivity (Wildman–Crippen MR) is 82.4 cm³/mol. The second-order valence-electron chi connectivity index (χ2n) is 5.13. The molecule has 0 aliphatic heterocycles. The van der Waals surface area contributed by atoms with Gasteiger partial charge in [0.05, 0.1) is 0 Å². The summed E-state index contributed by atoms with van der Waals surface area (Å²) < 4.78 is 13.6. The van der Waals surface area contributed by atoms with E-state index in [9.17, 15) is 4.39 Å². The van der Waals surface area contributed by atoms with Crippen LogP contribution in [-0.4, -0.2) is 0 Å². The summed E-state index contributed by atoms with van der Waals surface area (Å²) >= 11 is 3.72. The van der Waals surface area contributed by atoms with E-state index in [1.807, 2.05) is 26.0 Å². The Kier molecular flexibility index (Phi) is 4.41. The van der Waals surface area contributed by atoms with E-state index in [0.717, 1.165) is 12.0 Å². The van der Waals surface area contributed by atoms with E-state index in [2.05, 4.69) is 47.1 Å². The van der Waals surface area contributed by atoms with Crippen LogP contribution in [0.4, 0.5) is 4.39 Å². The maximum absolute atomic E-state index is 13.6. The maximum Gasteiger partial charge on any atom is 0.129 e. The molecule has 0 aliphatic carbocycles. The van der Waals surface area contributed by atoms with Crippen molar-refractivity contribution in [1.29, 1.82) is 0 Å². The first-order valence-corrected chi connectivity index (χ1v) is 7.35. The lowest BCUT2D eigenvalue weighted by Gasteiger charge is -2.13. The van der Waals surface area contributed by atoms with Gasteiger partial charge in [0.2, 0.25) is 0 Å². The molecule has 0 radical (unpaired) electrons. The molecule has 0 saturated heterocycles. The van der Waals surface area contributed by atoms with Gasteiger partial charge in [-0.3, -0.25) is 0 Å². The summed E-state index contributed by atoms with van der Waals surface area (Å²) in [6, 6.07) is 12.3. The highest BCUT2D eigenvalue weighted by molar-refractivity contribution is 9.09. The Bertz CT molecular complexity index is 567. The van der Waals surface area contributed by atoms with Gasteiger partial charge in [-0.15, -0.1) is 0 Å². The minimum atomic E-state index is -0.0981. The largest absolute Gasteiger partial charge is 0.206 e. The second-order valence-corrected chi connectivity index (χ2v) is 6.23. The second kappa shape index (κ2) is 5.87. The summed E-state index contributed by atoms with van der Waals surface area (Å²) in [5.74, 6) is -0.0981. The first-order chi connectivity index (χ1) is 8.97. The molecule has 0 N–H and O–H groups in total. The third-order valence-corrected chi connectivity index (χ3v) is 4.17.